The second-order valence-electron chi connectivity index (χ2n) is 6.31. The van der Waals surface area contributed by atoms with Gasteiger partial charge in [0, 0.05) is 6.07 Å². The van der Waals surface area contributed by atoms with Crippen LogP contribution >= 0.6 is 0 Å². The molecule has 1 aliphatic heterocycles. The van der Waals surface area contributed by atoms with Gasteiger partial charge in [-0.3, -0.25) is 4.72 Å². The van der Waals surface area contributed by atoms with E-state index in [-0.39, 0.29) is 22.2 Å². The van der Waals surface area contributed by atoms with Crippen molar-refractivity contribution in [3.05, 3.63) is 54.8 Å². The van der Waals surface area contributed by atoms with Crippen molar-refractivity contribution >= 4 is 25.7 Å². The van der Waals surface area contributed by atoms with Gasteiger partial charge in [-0.2, -0.15) is 5.10 Å². The summed E-state index contributed by atoms with van der Waals surface area (Å²) in [6.07, 6.45) is 1.86. The Hall–Kier alpha value is -2.59. The Kier molecular flexibility index (Phi) is 4.31. The van der Waals surface area contributed by atoms with Gasteiger partial charge in [-0.15, -0.1) is 0 Å². The minimum Gasteiger partial charge on any atom is -0.463 e. The molecule has 1 aliphatic rings. The second-order valence-corrected chi connectivity index (χ2v) is 10.2. The monoisotopic (exact) mass is 407 g/mol. The third-order valence-corrected chi connectivity index (χ3v) is 7.48. The molecule has 8 nitrogen and oxygen atoms in total. The molecule has 0 saturated carbocycles. The standard InChI is InChI=1S/C17H17N3O5S2/c21-26(22)10-8-13(12-26)20-17(11-15(18-20)16-7-4-9-25-16)19-27(23,24)14-5-2-1-3-6-14/h1-7,9,11,13,19H,8,10,12H2/t13-/m0/s1. The Morgan fingerprint density at radius 3 is 2.56 bits per heavy atom. The molecule has 1 fully saturated rings. The molecule has 0 spiro atoms. The number of benzene rings is 1. The van der Waals surface area contributed by atoms with Gasteiger partial charge < -0.3 is 4.42 Å². The van der Waals surface area contributed by atoms with E-state index in [0.717, 1.165) is 0 Å². The zero-order valence-corrected chi connectivity index (χ0v) is 15.8. The summed E-state index contributed by atoms with van der Waals surface area (Å²) >= 11 is 0. The van der Waals surface area contributed by atoms with Gasteiger partial charge in [0.05, 0.1) is 28.7 Å². The van der Waals surface area contributed by atoms with Crippen molar-refractivity contribution in [3.8, 4) is 11.5 Å². The van der Waals surface area contributed by atoms with Crippen molar-refractivity contribution < 1.29 is 21.3 Å². The number of anilines is 1. The van der Waals surface area contributed by atoms with Crippen molar-refractivity contribution in [2.75, 3.05) is 16.2 Å². The van der Waals surface area contributed by atoms with Gasteiger partial charge in [0.25, 0.3) is 10.0 Å². The summed E-state index contributed by atoms with van der Waals surface area (Å²) in [5, 5.41) is 4.41. The highest BCUT2D eigenvalue weighted by Gasteiger charge is 2.32. The predicted octanol–water partition coefficient (Wildman–Crippen LogP) is 2.30. The summed E-state index contributed by atoms with van der Waals surface area (Å²) in [4.78, 5) is 0.108. The molecule has 1 atom stereocenters. The van der Waals surface area contributed by atoms with Crippen molar-refractivity contribution in [1.82, 2.24) is 9.78 Å². The van der Waals surface area contributed by atoms with Crippen molar-refractivity contribution in [3.63, 3.8) is 0 Å². The molecule has 1 saturated heterocycles. The van der Waals surface area contributed by atoms with Crippen LogP contribution in [-0.4, -0.2) is 38.1 Å². The molecular weight excluding hydrogens is 390 g/mol. The van der Waals surface area contributed by atoms with E-state index in [9.17, 15) is 16.8 Å². The number of aromatic nitrogens is 2. The summed E-state index contributed by atoms with van der Waals surface area (Å²) in [7, 11) is -7.00. The van der Waals surface area contributed by atoms with Crippen LogP contribution in [0.1, 0.15) is 12.5 Å². The first-order valence-electron chi connectivity index (χ1n) is 8.26. The van der Waals surface area contributed by atoms with Crippen LogP contribution in [0.5, 0.6) is 0 Å². The number of sulfonamides is 1. The Morgan fingerprint density at radius 1 is 1.15 bits per heavy atom. The van der Waals surface area contributed by atoms with Crippen molar-refractivity contribution in [2.24, 2.45) is 0 Å². The van der Waals surface area contributed by atoms with E-state index >= 15 is 0 Å². The van der Waals surface area contributed by atoms with E-state index in [2.05, 4.69) is 9.82 Å². The predicted molar refractivity (Wildman–Crippen MR) is 99.5 cm³/mol. The fourth-order valence-electron chi connectivity index (χ4n) is 3.06. The molecule has 0 bridgehead atoms. The molecule has 142 valence electrons. The Labute approximate surface area is 156 Å². The minimum absolute atomic E-state index is 0.0541. The topological polar surface area (TPSA) is 111 Å². The third kappa shape index (κ3) is 3.62. The highest BCUT2D eigenvalue weighted by Crippen LogP contribution is 2.31. The maximum absolute atomic E-state index is 12.7. The van der Waals surface area contributed by atoms with Gasteiger partial charge in [0.15, 0.2) is 15.6 Å². The SMILES string of the molecule is O=S1(=O)CC[C@H](n2nc(-c3ccco3)cc2NS(=O)(=O)c2ccccc2)C1. The van der Waals surface area contributed by atoms with Crippen LogP contribution in [0.25, 0.3) is 11.5 Å². The van der Waals surface area contributed by atoms with E-state index in [1.54, 1.807) is 36.4 Å². The molecule has 4 rings (SSSR count). The molecule has 1 N–H and O–H groups in total. The molecule has 0 unspecified atom stereocenters. The van der Waals surface area contributed by atoms with Crippen LogP contribution in [-0.2, 0) is 19.9 Å². The molecular formula is C17H17N3O5S2. The number of sulfone groups is 1. The molecule has 0 radical (unpaired) electrons. The second kappa shape index (κ2) is 6.54. The number of hydrogen-bond donors (Lipinski definition) is 1. The largest absolute Gasteiger partial charge is 0.463 e. The number of hydrogen-bond acceptors (Lipinski definition) is 6. The maximum Gasteiger partial charge on any atom is 0.263 e. The fraction of sp³-hybridized carbons (Fsp3) is 0.235. The quantitative estimate of drug-likeness (QED) is 0.695. The summed E-state index contributed by atoms with van der Waals surface area (Å²) in [6, 6.07) is 12.5. The Balaban J connectivity index is 1.75. The van der Waals surface area contributed by atoms with E-state index in [0.29, 0.717) is 17.9 Å². The van der Waals surface area contributed by atoms with Gasteiger partial charge in [-0.25, -0.2) is 21.5 Å². The van der Waals surface area contributed by atoms with Crippen LogP contribution < -0.4 is 4.72 Å². The van der Waals surface area contributed by atoms with Gasteiger partial charge in [0.1, 0.15) is 11.5 Å². The molecule has 27 heavy (non-hydrogen) atoms. The molecule has 3 heterocycles. The van der Waals surface area contributed by atoms with Gasteiger partial charge >= 0.3 is 0 Å². The summed E-state index contributed by atoms with van der Waals surface area (Å²) in [6.45, 7) is 0. The van der Waals surface area contributed by atoms with Crippen molar-refractivity contribution in [2.45, 2.75) is 17.4 Å². The first kappa shape index (κ1) is 17.8. The Morgan fingerprint density at radius 2 is 1.93 bits per heavy atom. The molecule has 3 aromatic rings. The van der Waals surface area contributed by atoms with Gasteiger partial charge in [-0.05, 0) is 30.7 Å². The molecule has 0 aliphatic carbocycles. The first-order chi connectivity index (χ1) is 12.8. The summed E-state index contributed by atoms with van der Waals surface area (Å²) in [5.74, 6) is 0.646. The van der Waals surface area contributed by atoms with Crippen LogP contribution in [0.15, 0.2) is 64.1 Å². The van der Waals surface area contributed by atoms with Gasteiger partial charge in [-0.1, -0.05) is 18.2 Å². The first-order valence-corrected chi connectivity index (χ1v) is 11.6. The summed E-state index contributed by atoms with van der Waals surface area (Å²) in [5.41, 5.74) is 0.426. The number of rotatable bonds is 5. The average Bonchev–Trinajstić information content (AvgIpc) is 3.35. The van der Waals surface area contributed by atoms with Crippen LogP contribution in [0.3, 0.4) is 0 Å². The minimum atomic E-state index is -3.84. The van der Waals surface area contributed by atoms with Crippen molar-refractivity contribution in [1.29, 1.82) is 0 Å². The van der Waals surface area contributed by atoms with E-state index < -0.39 is 25.9 Å². The smallest absolute Gasteiger partial charge is 0.263 e. The fourth-order valence-corrected chi connectivity index (χ4v) is 5.81. The molecule has 2 aromatic heterocycles. The maximum atomic E-state index is 12.7. The lowest BCUT2D eigenvalue weighted by Gasteiger charge is -2.14. The van der Waals surface area contributed by atoms with E-state index in [4.69, 9.17) is 4.42 Å². The zero-order chi connectivity index (χ0) is 19.1. The number of nitrogens with zero attached hydrogens (tertiary/aromatic N) is 2. The van der Waals surface area contributed by atoms with Gasteiger partial charge in [0.2, 0.25) is 0 Å². The summed E-state index contributed by atoms with van der Waals surface area (Å²) < 4.78 is 58.4. The average molecular weight is 407 g/mol. The third-order valence-electron chi connectivity index (χ3n) is 4.36. The molecule has 0 amide bonds. The lowest BCUT2D eigenvalue weighted by Crippen LogP contribution is -2.19. The zero-order valence-electron chi connectivity index (χ0n) is 14.1. The number of nitrogens with one attached hydrogen (secondary N) is 1. The Bertz CT molecular complexity index is 1150. The lowest BCUT2D eigenvalue weighted by atomic mass is 10.3. The van der Waals surface area contributed by atoms with E-state index in [1.165, 1.54) is 23.1 Å². The van der Waals surface area contributed by atoms with Crippen LogP contribution in [0, 0.1) is 0 Å². The highest BCUT2D eigenvalue weighted by molar-refractivity contribution is 7.92. The normalized spacial score (nSPS) is 19.2. The molecule has 1 aromatic carbocycles. The lowest BCUT2D eigenvalue weighted by molar-refractivity contribution is 0.504. The van der Waals surface area contributed by atoms with Crippen LogP contribution in [0.2, 0.25) is 0 Å². The van der Waals surface area contributed by atoms with Crippen LogP contribution in [0.4, 0.5) is 5.82 Å². The highest BCUT2D eigenvalue weighted by atomic mass is 32.2. The van der Waals surface area contributed by atoms with E-state index in [1.807, 2.05) is 0 Å². The number of furan rings is 1. The molecule has 10 heteroatoms.